The first-order valence-electron chi connectivity index (χ1n) is 8.83. The van der Waals surface area contributed by atoms with Gasteiger partial charge in [-0.2, -0.15) is 5.10 Å². The number of methoxy groups -OCH3 is 1. The fourth-order valence-corrected chi connectivity index (χ4v) is 3.98. The highest BCUT2D eigenvalue weighted by Gasteiger charge is 2.57. The molecule has 1 N–H and O–H groups in total. The first-order chi connectivity index (χ1) is 13.0. The van der Waals surface area contributed by atoms with Crippen LogP contribution in [0.5, 0.6) is 11.5 Å². The van der Waals surface area contributed by atoms with E-state index in [0.717, 1.165) is 5.56 Å². The maximum absolute atomic E-state index is 12.7. The van der Waals surface area contributed by atoms with Crippen molar-refractivity contribution in [2.45, 2.75) is 18.9 Å². The SMILES string of the molecule is COc1ccc2c(c1)OC[C@]1(C(=O)O)CN(C(=O)CCn3cccn3)C[C@H]21. The van der Waals surface area contributed by atoms with Gasteiger partial charge < -0.3 is 19.5 Å². The van der Waals surface area contributed by atoms with E-state index in [0.29, 0.717) is 24.6 Å². The van der Waals surface area contributed by atoms with Gasteiger partial charge in [0.15, 0.2) is 0 Å². The van der Waals surface area contributed by atoms with Gasteiger partial charge in [0.2, 0.25) is 5.91 Å². The van der Waals surface area contributed by atoms with Gasteiger partial charge in [-0.15, -0.1) is 0 Å². The molecule has 0 unspecified atom stereocenters. The van der Waals surface area contributed by atoms with Crippen molar-refractivity contribution in [3.63, 3.8) is 0 Å². The second kappa shape index (κ2) is 6.61. The normalized spacial score (nSPS) is 23.3. The summed E-state index contributed by atoms with van der Waals surface area (Å²) in [6.45, 7) is 1.02. The number of likely N-dealkylation sites (tertiary alicyclic amines) is 1. The molecule has 1 fully saturated rings. The number of amides is 1. The number of benzene rings is 1. The number of rotatable bonds is 5. The maximum atomic E-state index is 12.7. The maximum Gasteiger partial charge on any atom is 0.315 e. The van der Waals surface area contributed by atoms with E-state index in [-0.39, 0.29) is 31.4 Å². The van der Waals surface area contributed by atoms with Gasteiger partial charge in [-0.05, 0) is 12.1 Å². The van der Waals surface area contributed by atoms with Crippen LogP contribution in [-0.4, -0.2) is 58.5 Å². The van der Waals surface area contributed by atoms with E-state index in [1.807, 2.05) is 6.07 Å². The minimum Gasteiger partial charge on any atom is -0.497 e. The van der Waals surface area contributed by atoms with E-state index in [1.54, 1.807) is 47.3 Å². The zero-order chi connectivity index (χ0) is 19.0. The van der Waals surface area contributed by atoms with Gasteiger partial charge in [-0.25, -0.2) is 0 Å². The zero-order valence-electron chi connectivity index (χ0n) is 15.0. The Kier molecular flexibility index (Phi) is 4.25. The average molecular weight is 371 g/mol. The van der Waals surface area contributed by atoms with Crippen molar-refractivity contribution >= 4 is 11.9 Å². The van der Waals surface area contributed by atoms with Crippen molar-refractivity contribution in [2.24, 2.45) is 5.41 Å². The summed E-state index contributed by atoms with van der Waals surface area (Å²) >= 11 is 0. The molecule has 0 bridgehead atoms. The number of ether oxygens (including phenoxy) is 2. The standard InChI is InChI=1S/C19H21N3O5/c1-26-13-3-4-14-15-10-21(17(23)5-8-22-7-2-6-20-22)11-19(15,18(24)25)12-27-16(14)9-13/h2-4,6-7,9,15H,5,8,10-12H2,1H3,(H,24,25)/t15-,19-/m1/s1. The van der Waals surface area contributed by atoms with Crippen LogP contribution in [0, 0.1) is 5.41 Å². The van der Waals surface area contributed by atoms with E-state index in [4.69, 9.17) is 9.47 Å². The molecule has 1 aromatic carbocycles. The Balaban J connectivity index is 1.57. The number of carboxylic acids is 1. The van der Waals surface area contributed by atoms with Crippen molar-refractivity contribution < 1.29 is 24.2 Å². The highest BCUT2D eigenvalue weighted by molar-refractivity contribution is 5.83. The molecule has 0 aliphatic carbocycles. The van der Waals surface area contributed by atoms with Crippen LogP contribution in [0.4, 0.5) is 0 Å². The van der Waals surface area contributed by atoms with E-state index in [9.17, 15) is 14.7 Å². The Morgan fingerprint density at radius 2 is 2.30 bits per heavy atom. The number of fused-ring (bicyclic) bond motifs is 3. The minimum absolute atomic E-state index is 0.0378. The van der Waals surface area contributed by atoms with Crippen LogP contribution in [0.1, 0.15) is 17.9 Å². The molecule has 2 aliphatic heterocycles. The monoisotopic (exact) mass is 371 g/mol. The van der Waals surface area contributed by atoms with Crippen LogP contribution in [-0.2, 0) is 16.1 Å². The largest absolute Gasteiger partial charge is 0.497 e. The summed E-state index contributed by atoms with van der Waals surface area (Å²) in [5.41, 5.74) is -0.310. The third-order valence-corrected chi connectivity index (χ3v) is 5.52. The quantitative estimate of drug-likeness (QED) is 0.853. The van der Waals surface area contributed by atoms with Crippen molar-refractivity contribution in [1.82, 2.24) is 14.7 Å². The van der Waals surface area contributed by atoms with E-state index >= 15 is 0 Å². The summed E-state index contributed by atoms with van der Waals surface area (Å²) in [5.74, 6) is -0.0333. The van der Waals surface area contributed by atoms with Crippen LogP contribution in [0.25, 0.3) is 0 Å². The molecule has 3 heterocycles. The summed E-state index contributed by atoms with van der Waals surface area (Å²) in [4.78, 5) is 26.5. The van der Waals surface area contributed by atoms with Crippen molar-refractivity contribution in [3.05, 3.63) is 42.2 Å². The third-order valence-electron chi connectivity index (χ3n) is 5.52. The number of aromatic nitrogens is 2. The van der Waals surface area contributed by atoms with Crippen molar-refractivity contribution in [1.29, 1.82) is 0 Å². The molecule has 0 saturated carbocycles. The molecule has 2 atom stereocenters. The molecular formula is C19H21N3O5. The number of aryl methyl sites for hydroxylation is 1. The first-order valence-corrected chi connectivity index (χ1v) is 8.83. The summed E-state index contributed by atoms with van der Waals surface area (Å²) in [6.07, 6.45) is 3.74. The molecule has 27 heavy (non-hydrogen) atoms. The van der Waals surface area contributed by atoms with Gasteiger partial charge in [-0.1, -0.05) is 6.07 Å². The van der Waals surface area contributed by atoms with Gasteiger partial charge in [-0.3, -0.25) is 14.3 Å². The summed E-state index contributed by atoms with van der Waals surface area (Å²) < 4.78 is 12.7. The van der Waals surface area contributed by atoms with Crippen LogP contribution in [0.15, 0.2) is 36.7 Å². The Labute approximate surface area is 156 Å². The lowest BCUT2D eigenvalue weighted by atomic mass is 9.73. The Morgan fingerprint density at radius 3 is 3.00 bits per heavy atom. The van der Waals surface area contributed by atoms with Crippen LogP contribution in [0.3, 0.4) is 0 Å². The number of nitrogens with zero attached hydrogens (tertiary/aromatic N) is 3. The topological polar surface area (TPSA) is 93.9 Å². The van der Waals surface area contributed by atoms with Gasteiger partial charge >= 0.3 is 5.97 Å². The lowest BCUT2D eigenvalue weighted by Gasteiger charge is -2.35. The summed E-state index contributed by atoms with van der Waals surface area (Å²) in [7, 11) is 1.57. The fraction of sp³-hybridized carbons (Fsp3) is 0.421. The Morgan fingerprint density at radius 1 is 1.44 bits per heavy atom. The van der Waals surface area contributed by atoms with Gasteiger partial charge in [0.05, 0.1) is 7.11 Å². The van der Waals surface area contributed by atoms with Crippen LogP contribution >= 0.6 is 0 Å². The number of aliphatic carboxylic acids is 1. The van der Waals surface area contributed by atoms with Crippen LogP contribution < -0.4 is 9.47 Å². The molecule has 142 valence electrons. The molecule has 8 heteroatoms. The van der Waals surface area contributed by atoms with Crippen LogP contribution in [0.2, 0.25) is 0 Å². The number of carbonyl (C=O) groups is 2. The van der Waals surface area contributed by atoms with E-state index in [1.165, 1.54) is 0 Å². The smallest absolute Gasteiger partial charge is 0.315 e. The molecule has 1 amide bonds. The summed E-state index contributed by atoms with van der Waals surface area (Å²) in [6, 6.07) is 7.20. The molecule has 4 rings (SSSR count). The third kappa shape index (κ3) is 2.90. The molecule has 1 saturated heterocycles. The molecular weight excluding hydrogens is 350 g/mol. The second-order valence-electron chi connectivity index (χ2n) is 7.00. The molecule has 0 radical (unpaired) electrons. The predicted octanol–water partition coefficient (Wildman–Crippen LogP) is 1.37. The van der Waals surface area contributed by atoms with E-state index in [2.05, 4.69) is 5.10 Å². The molecule has 2 aliphatic rings. The van der Waals surface area contributed by atoms with Gasteiger partial charge in [0.25, 0.3) is 0 Å². The van der Waals surface area contributed by atoms with Crippen molar-refractivity contribution in [2.75, 3.05) is 26.8 Å². The number of hydrogen-bond acceptors (Lipinski definition) is 5. The van der Waals surface area contributed by atoms with Gasteiger partial charge in [0, 0.05) is 56.0 Å². The minimum atomic E-state index is -1.12. The highest BCUT2D eigenvalue weighted by Crippen LogP contribution is 2.50. The number of carboxylic acid groups (broad SMARTS) is 1. The number of carbonyl (C=O) groups excluding carboxylic acids is 1. The zero-order valence-corrected chi connectivity index (χ0v) is 15.0. The number of hydrogen-bond donors (Lipinski definition) is 1. The highest BCUT2D eigenvalue weighted by atomic mass is 16.5. The first kappa shape index (κ1) is 17.4. The Bertz CT molecular complexity index is 866. The fourth-order valence-electron chi connectivity index (χ4n) is 3.98. The Hall–Kier alpha value is -3.03. The lowest BCUT2D eigenvalue weighted by Crippen LogP contribution is -2.46. The average Bonchev–Trinajstić information content (AvgIpc) is 3.33. The lowest BCUT2D eigenvalue weighted by molar-refractivity contribution is -0.152. The molecule has 8 nitrogen and oxygen atoms in total. The molecule has 1 aromatic heterocycles. The molecule has 0 spiro atoms. The molecule has 2 aromatic rings. The summed E-state index contributed by atoms with van der Waals surface area (Å²) in [5, 5.41) is 14.0. The predicted molar refractivity (Wildman–Crippen MR) is 94.7 cm³/mol. The van der Waals surface area contributed by atoms with Crippen molar-refractivity contribution in [3.8, 4) is 11.5 Å². The van der Waals surface area contributed by atoms with E-state index < -0.39 is 11.4 Å². The van der Waals surface area contributed by atoms with Gasteiger partial charge in [0.1, 0.15) is 23.5 Å². The second-order valence-corrected chi connectivity index (χ2v) is 7.00.